The van der Waals surface area contributed by atoms with Crippen molar-refractivity contribution < 1.29 is 30.0 Å². The molecule has 0 bridgehead atoms. The van der Waals surface area contributed by atoms with Gasteiger partial charge in [0.1, 0.15) is 0 Å². The Morgan fingerprint density at radius 2 is 1.87 bits per heavy atom. The van der Waals surface area contributed by atoms with E-state index >= 15 is 0 Å². The van der Waals surface area contributed by atoms with Crippen LogP contribution < -0.4 is 0 Å². The van der Waals surface area contributed by atoms with Crippen molar-refractivity contribution in [1.82, 2.24) is 4.98 Å². The molecular weight excluding hydrogens is 486 g/mol. The Balaban J connectivity index is 0.000000287. The zero-order valence-corrected chi connectivity index (χ0v) is 16.0. The van der Waals surface area contributed by atoms with Crippen molar-refractivity contribution >= 4 is 27.2 Å². The maximum atomic E-state index is 10.0. The summed E-state index contributed by atoms with van der Waals surface area (Å²) >= 11 is 1.73. The van der Waals surface area contributed by atoms with Gasteiger partial charge in [-0.3, -0.25) is 4.79 Å². The Hall–Kier alpha value is -1.81. The van der Waals surface area contributed by atoms with Crippen molar-refractivity contribution in [1.29, 1.82) is 0 Å². The summed E-state index contributed by atoms with van der Waals surface area (Å²) in [6.07, 6.45) is 2.98. The van der Waals surface area contributed by atoms with Crippen molar-refractivity contribution in [2.24, 2.45) is 0 Å². The van der Waals surface area contributed by atoms with Crippen LogP contribution in [-0.4, -0.2) is 15.9 Å². The first-order valence-electron chi connectivity index (χ1n) is 6.76. The van der Waals surface area contributed by atoms with Crippen molar-refractivity contribution in [3.8, 4) is 10.6 Å². The molecule has 23 heavy (non-hydrogen) atoms. The molecular formula is C18H16IrNO2S-. The molecule has 1 radical (unpaired) electrons. The van der Waals surface area contributed by atoms with E-state index in [4.69, 9.17) is 5.11 Å². The van der Waals surface area contributed by atoms with Gasteiger partial charge in [-0.25, -0.2) is 11.3 Å². The smallest absolute Gasteiger partial charge is 0.155 e. The molecule has 0 saturated carbocycles. The van der Waals surface area contributed by atoms with Crippen LogP contribution in [0.1, 0.15) is 13.8 Å². The van der Waals surface area contributed by atoms with Gasteiger partial charge in [-0.2, -0.15) is 0 Å². The third kappa shape index (κ3) is 6.06. The molecule has 0 aliphatic rings. The third-order valence-corrected chi connectivity index (χ3v) is 3.75. The molecule has 0 aliphatic heterocycles. The Morgan fingerprint density at radius 1 is 1.17 bits per heavy atom. The number of hydrogen-bond donors (Lipinski definition) is 1. The van der Waals surface area contributed by atoms with Crippen LogP contribution in [0.4, 0.5) is 0 Å². The second-order valence-corrected chi connectivity index (χ2v) is 5.72. The molecule has 0 saturated heterocycles. The molecule has 3 rings (SSSR count). The normalized spacial score (nSPS) is 10.4. The number of hydrogen-bond acceptors (Lipinski definition) is 4. The van der Waals surface area contributed by atoms with Crippen LogP contribution in [0, 0.1) is 6.07 Å². The summed E-state index contributed by atoms with van der Waals surface area (Å²) in [6.45, 7) is 2.85. The minimum atomic E-state index is -0.125. The monoisotopic (exact) mass is 503 g/mol. The van der Waals surface area contributed by atoms with Gasteiger partial charge < -0.3 is 10.1 Å². The summed E-state index contributed by atoms with van der Waals surface area (Å²) in [5.41, 5.74) is 0.999. The van der Waals surface area contributed by atoms with E-state index in [1.165, 1.54) is 30.0 Å². The number of allylic oxidation sites excluding steroid dienone is 2. The molecule has 0 amide bonds. The van der Waals surface area contributed by atoms with E-state index < -0.39 is 0 Å². The van der Waals surface area contributed by atoms with E-state index in [9.17, 15) is 4.79 Å². The molecule has 3 aromatic rings. The summed E-state index contributed by atoms with van der Waals surface area (Å²) in [5, 5.41) is 9.53. The van der Waals surface area contributed by atoms with Gasteiger partial charge in [0.2, 0.25) is 0 Å². The average Bonchev–Trinajstić information content (AvgIpc) is 2.91. The Labute approximate surface area is 153 Å². The molecule has 0 aliphatic carbocycles. The predicted octanol–water partition coefficient (Wildman–Crippen LogP) is 4.80. The van der Waals surface area contributed by atoms with Crippen LogP contribution in [-0.2, 0) is 24.9 Å². The largest absolute Gasteiger partial charge is 0.512 e. The van der Waals surface area contributed by atoms with Crippen LogP contribution in [0.5, 0.6) is 0 Å². The first-order valence-corrected chi connectivity index (χ1v) is 7.58. The van der Waals surface area contributed by atoms with Crippen LogP contribution in [0.15, 0.2) is 60.5 Å². The Bertz CT molecular complexity index is 760. The summed E-state index contributed by atoms with van der Waals surface area (Å²) in [5.74, 6) is -0.0625. The number of aromatic nitrogens is 1. The molecule has 1 aromatic carbocycles. The number of carbonyl (C=O) groups excluding carboxylic acids is 1. The Morgan fingerprint density at radius 3 is 2.39 bits per heavy atom. The summed E-state index contributed by atoms with van der Waals surface area (Å²) in [6, 6.07) is 17.6. The number of pyridine rings is 1. The van der Waals surface area contributed by atoms with Crippen molar-refractivity contribution in [2.45, 2.75) is 13.8 Å². The van der Waals surface area contributed by atoms with Gasteiger partial charge in [0, 0.05) is 38.1 Å². The van der Waals surface area contributed by atoms with E-state index in [2.05, 4.69) is 29.2 Å². The predicted molar refractivity (Wildman–Crippen MR) is 91.0 cm³/mol. The van der Waals surface area contributed by atoms with Crippen LogP contribution in [0.3, 0.4) is 0 Å². The van der Waals surface area contributed by atoms with Gasteiger partial charge in [-0.15, -0.1) is 23.6 Å². The van der Waals surface area contributed by atoms with Gasteiger partial charge >= 0.3 is 0 Å². The van der Waals surface area contributed by atoms with Gasteiger partial charge in [0.15, 0.2) is 5.78 Å². The van der Waals surface area contributed by atoms with Crippen molar-refractivity contribution in [3.05, 3.63) is 66.6 Å². The maximum absolute atomic E-state index is 10.0. The molecule has 5 heteroatoms. The topological polar surface area (TPSA) is 50.2 Å². The standard InChI is InChI=1S/C13H8NS.C5H8O2.Ir/c1-2-7-12-10(5-1)9-13(15-12)11-6-3-4-8-14-11;1-4(6)3-5(2)7;/h1-8H;3,6H,1-2H3;/q-1;;/b;4-3-;. The number of fused-ring (bicyclic) bond motifs is 1. The first kappa shape index (κ1) is 19.2. The number of ketones is 1. The fraction of sp³-hybridized carbons (Fsp3) is 0.111. The summed E-state index contributed by atoms with van der Waals surface area (Å²) in [4.78, 5) is 15.4. The fourth-order valence-electron chi connectivity index (χ4n) is 1.82. The molecule has 0 spiro atoms. The van der Waals surface area contributed by atoms with E-state index in [1.807, 2.05) is 30.5 Å². The van der Waals surface area contributed by atoms with Gasteiger partial charge in [0.25, 0.3) is 0 Å². The average molecular weight is 503 g/mol. The second kappa shape index (κ2) is 9.36. The van der Waals surface area contributed by atoms with E-state index in [0.29, 0.717) is 0 Å². The Kier molecular flexibility index (Phi) is 7.82. The number of benzene rings is 1. The zero-order chi connectivity index (χ0) is 15.9. The molecule has 2 aromatic heterocycles. The van der Waals surface area contributed by atoms with Gasteiger partial charge in [-0.05, 0) is 29.5 Å². The minimum Gasteiger partial charge on any atom is -0.512 e. The van der Waals surface area contributed by atoms with Crippen molar-refractivity contribution in [2.75, 3.05) is 0 Å². The zero-order valence-electron chi connectivity index (χ0n) is 12.7. The van der Waals surface area contributed by atoms with E-state index in [1.54, 1.807) is 11.3 Å². The number of carbonyl (C=O) groups is 1. The number of nitrogens with zero attached hydrogens (tertiary/aromatic N) is 1. The summed E-state index contributed by atoms with van der Waals surface area (Å²) < 4.78 is 1.26. The quantitative estimate of drug-likeness (QED) is 0.311. The molecule has 0 atom stereocenters. The van der Waals surface area contributed by atoms with Crippen LogP contribution >= 0.6 is 11.3 Å². The number of aliphatic hydroxyl groups excluding tert-OH is 1. The fourth-order valence-corrected chi connectivity index (χ4v) is 2.81. The third-order valence-electron chi connectivity index (χ3n) is 2.66. The molecule has 1 N–H and O–H groups in total. The molecule has 0 unspecified atom stereocenters. The molecule has 121 valence electrons. The van der Waals surface area contributed by atoms with Gasteiger partial charge in [0.05, 0.1) is 5.76 Å². The second-order valence-electron chi connectivity index (χ2n) is 4.66. The SMILES string of the molecule is CC(=O)/C=C(/C)O.[Ir].[c-]1c(-c2ccccn2)sc2ccccc12. The maximum Gasteiger partial charge on any atom is 0.155 e. The number of rotatable bonds is 2. The van der Waals surface area contributed by atoms with E-state index in [0.717, 1.165) is 10.6 Å². The molecule has 0 fully saturated rings. The van der Waals surface area contributed by atoms with E-state index in [-0.39, 0.29) is 31.6 Å². The van der Waals surface area contributed by atoms with Gasteiger partial charge in [-0.1, -0.05) is 24.3 Å². The summed E-state index contributed by atoms with van der Waals surface area (Å²) in [7, 11) is 0. The molecule has 2 heterocycles. The molecule has 3 nitrogen and oxygen atoms in total. The van der Waals surface area contributed by atoms with Crippen LogP contribution in [0.2, 0.25) is 0 Å². The number of thiophene rings is 1. The first-order chi connectivity index (χ1) is 10.6. The van der Waals surface area contributed by atoms with Crippen LogP contribution in [0.25, 0.3) is 20.7 Å². The number of aliphatic hydroxyl groups is 1. The minimum absolute atomic E-state index is 0. The van der Waals surface area contributed by atoms with Crippen molar-refractivity contribution in [3.63, 3.8) is 0 Å².